The molecule has 30 heavy (non-hydrogen) atoms. The Balaban J connectivity index is 1.73. The molecule has 1 aliphatic rings. The number of sulfonamides is 1. The quantitative estimate of drug-likeness (QED) is 0.687. The average molecular weight is 431 g/mol. The Hall–Kier alpha value is -2.22. The van der Waals surface area contributed by atoms with Gasteiger partial charge in [0.1, 0.15) is 0 Å². The van der Waals surface area contributed by atoms with Crippen molar-refractivity contribution in [2.45, 2.75) is 25.6 Å². The van der Waals surface area contributed by atoms with Crippen LogP contribution in [0, 0.1) is 0 Å². The molecule has 0 radical (unpaired) electrons. The number of benzene rings is 2. The third-order valence-corrected chi connectivity index (χ3v) is 7.66. The highest BCUT2D eigenvalue weighted by atomic mass is 32.2. The summed E-state index contributed by atoms with van der Waals surface area (Å²) in [6.07, 6.45) is 0. The number of nitrogens with one attached hydrogen (secondary N) is 1. The molecule has 1 N–H and O–H groups in total. The fourth-order valence-corrected chi connectivity index (χ4v) is 5.67. The Morgan fingerprint density at radius 3 is 2.03 bits per heavy atom. The minimum absolute atomic E-state index is 0.0175. The molecule has 1 fully saturated rings. The van der Waals surface area contributed by atoms with Crippen LogP contribution in [0.15, 0.2) is 60.7 Å². The number of quaternary nitrogens is 1. The first-order valence-electron chi connectivity index (χ1n) is 10.7. The third kappa shape index (κ3) is 5.28. The molecule has 0 saturated carbocycles. The van der Waals surface area contributed by atoms with Crippen molar-refractivity contribution in [1.29, 1.82) is 0 Å². The van der Waals surface area contributed by atoms with Crippen LogP contribution in [0.2, 0.25) is 0 Å². The van der Waals surface area contributed by atoms with Crippen molar-refractivity contribution in [2.24, 2.45) is 0 Å². The molecule has 1 amide bonds. The lowest BCUT2D eigenvalue weighted by molar-refractivity contribution is -0.925. The minimum Gasteiger partial charge on any atom is -0.338 e. The first-order valence-corrected chi connectivity index (χ1v) is 12.3. The topological polar surface area (TPSA) is 62.1 Å². The Bertz CT molecular complexity index is 907. The molecule has 3 rings (SSSR count). The Morgan fingerprint density at radius 2 is 1.50 bits per heavy atom. The van der Waals surface area contributed by atoms with Gasteiger partial charge in [-0.3, -0.25) is 4.79 Å². The molecule has 0 unspecified atom stereocenters. The molecule has 0 aliphatic carbocycles. The summed E-state index contributed by atoms with van der Waals surface area (Å²) in [5, 5.41) is 0. The highest BCUT2D eigenvalue weighted by Gasteiger charge is 2.38. The highest BCUT2D eigenvalue weighted by Crippen LogP contribution is 2.15. The van der Waals surface area contributed by atoms with Crippen LogP contribution in [0.4, 0.5) is 0 Å². The van der Waals surface area contributed by atoms with Gasteiger partial charge in [-0.1, -0.05) is 60.7 Å². The summed E-state index contributed by atoms with van der Waals surface area (Å²) in [6.45, 7) is 7.41. The third-order valence-electron chi connectivity index (χ3n) is 5.81. The van der Waals surface area contributed by atoms with Gasteiger partial charge >= 0.3 is 0 Å². The maximum absolute atomic E-state index is 13.3. The molecule has 1 heterocycles. The van der Waals surface area contributed by atoms with Crippen molar-refractivity contribution in [3.63, 3.8) is 0 Å². The number of hydrogen-bond acceptors (Lipinski definition) is 3. The molecule has 0 bridgehead atoms. The average Bonchev–Trinajstić information content (AvgIpc) is 2.76. The van der Waals surface area contributed by atoms with Gasteiger partial charge in [-0.05, 0) is 19.4 Å². The molecule has 1 saturated heterocycles. The molecule has 2 aromatic rings. The molecule has 1 atom stereocenters. The maximum Gasteiger partial charge on any atom is 0.285 e. The monoisotopic (exact) mass is 430 g/mol. The number of rotatable bonds is 8. The van der Waals surface area contributed by atoms with E-state index < -0.39 is 10.0 Å². The van der Waals surface area contributed by atoms with Gasteiger partial charge in [0.25, 0.3) is 5.91 Å². The van der Waals surface area contributed by atoms with E-state index in [1.807, 2.05) is 79.4 Å². The zero-order chi connectivity index (χ0) is 21.6. The Morgan fingerprint density at radius 1 is 0.967 bits per heavy atom. The van der Waals surface area contributed by atoms with E-state index in [9.17, 15) is 13.2 Å². The number of amides is 1. The van der Waals surface area contributed by atoms with Crippen molar-refractivity contribution >= 4 is 15.9 Å². The molecule has 0 spiro atoms. The predicted octanol–water partition coefficient (Wildman–Crippen LogP) is 1.33. The SMILES string of the molecule is CCN(CC)C(=O)[C@H](c1ccccc1)[NH+]1CCN(S(=O)(=O)Cc2ccccc2)CC1. The lowest BCUT2D eigenvalue weighted by Gasteiger charge is -2.37. The van der Waals surface area contributed by atoms with Gasteiger partial charge in [0.2, 0.25) is 10.0 Å². The van der Waals surface area contributed by atoms with Crippen molar-refractivity contribution < 1.29 is 18.1 Å². The van der Waals surface area contributed by atoms with Crippen LogP contribution < -0.4 is 4.90 Å². The first-order chi connectivity index (χ1) is 14.5. The van der Waals surface area contributed by atoms with E-state index in [1.54, 1.807) is 4.31 Å². The summed E-state index contributed by atoms with van der Waals surface area (Å²) in [4.78, 5) is 16.3. The second kappa shape index (κ2) is 10.2. The van der Waals surface area contributed by atoms with E-state index in [-0.39, 0.29) is 17.7 Å². The van der Waals surface area contributed by atoms with Crippen molar-refractivity contribution in [3.05, 3.63) is 71.8 Å². The van der Waals surface area contributed by atoms with E-state index in [0.717, 1.165) is 16.0 Å². The summed E-state index contributed by atoms with van der Waals surface area (Å²) in [7, 11) is -3.37. The highest BCUT2D eigenvalue weighted by molar-refractivity contribution is 7.88. The minimum atomic E-state index is -3.37. The van der Waals surface area contributed by atoms with Crippen LogP contribution >= 0.6 is 0 Å². The molecular weight excluding hydrogens is 398 g/mol. The second-order valence-corrected chi connectivity index (χ2v) is 9.62. The van der Waals surface area contributed by atoms with E-state index >= 15 is 0 Å². The predicted molar refractivity (Wildman–Crippen MR) is 118 cm³/mol. The second-order valence-electron chi connectivity index (χ2n) is 7.65. The summed E-state index contributed by atoms with van der Waals surface area (Å²) in [5.74, 6) is 0.130. The van der Waals surface area contributed by atoms with Crippen LogP contribution in [0.5, 0.6) is 0 Å². The standard InChI is InChI=1S/C23H31N3O3S/c1-3-24(4-2)23(27)22(21-13-9-6-10-14-21)25-15-17-26(18-16-25)30(28,29)19-20-11-7-5-8-12-20/h5-14,22H,3-4,15-19H2,1-2H3/p+1/t22-/m0/s1. The number of hydrogen-bond donors (Lipinski definition) is 1. The van der Waals surface area contributed by atoms with Gasteiger partial charge in [0.05, 0.1) is 31.9 Å². The van der Waals surface area contributed by atoms with E-state index in [1.165, 1.54) is 0 Å². The number of carbonyl (C=O) groups is 1. The molecule has 162 valence electrons. The van der Waals surface area contributed by atoms with Crippen molar-refractivity contribution in [3.8, 4) is 0 Å². The molecule has 6 nitrogen and oxygen atoms in total. The van der Waals surface area contributed by atoms with Gasteiger partial charge in [-0.2, -0.15) is 4.31 Å². The Kier molecular flexibility index (Phi) is 7.64. The van der Waals surface area contributed by atoms with Gasteiger partial charge in [0, 0.05) is 18.7 Å². The normalized spacial score (nSPS) is 16.9. The van der Waals surface area contributed by atoms with E-state index in [0.29, 0.717) is 39.3 Å². The van der Waals surface area contributed by atoms with Gasteiger partial charge in [-0.15, -0.1) is 0 Å². The number of carbonyl (C=O) groups excluding carboxylic acids is 1. The summed E-state index contributed by atoms with van der Waals surface area (Å²) >= 11 is 0. The lowest BCUT2D eigenvalue weighted by Crippen LogP contribution is -3.16. The fraction of sp³-hybridized carbons (Fsp3) is 0.435. The van der Waals surface area contributed by atoms with Crippen LogP contribution in [-0.4, -0.2) is 62.8 Å². The molecule has 7 heteroatoms. The lowest BCUT2D eigenvalue weighted by atomic mass is 10.0. The first kappa shape index (κ1) is 22.5. The van der Waals surface area contributed by atoms with Gasteiger partial charge < -0.3 is 9.80 Å². The van der Waals surface area contributed by atoms with Crippen molar-refractivity contribution in [2.75, 3.05) is 39.3 Å². The molecule has 0 aromatic heterocycles. The zero-order valence-electron chi connectivity index (χ0n) is 17.8. The van der Waals surface area contributed by atoms with Crippen LogP contribution in [0.3, 0.4) is 0 Å². The van der Waals surface area contributed by atoms with E-state index in [4.69, 9.17) is 0 Å². The Labute approximate surface area is 180 Å². The maximum atomic E-state index is 13.3. The number of likely N-dealkylation sites (N-methyl/N-ethyl adjacent to an activating group) is 1. The van der Waals surface area contributed by atoms with Gasteiger partial charge in [-0.25, -0.2) is 8.42 Å². The summed E-state index contributed by atoms with van der Waals surface area (Å²) in [5.41, 5.74) is 1.79. The summed E-state index contributed by atoms with van der Waals surface area (Å²) in [6, 6.07) is 18.8. The zero-order valence-corrected chi connectivity index (χ0v) is 18.6. The van der Waals surface area contributed by atoms with Crippen LogP contribution in [0.25, 0.3) is 0 Å². The summed E-state index contributed by atoms with van der Waals surface area (Å²) < 4.78 is 27.3. The van der Waals surface area contributed by atoms with E-state index in [2.05, 4.69) is 0 Å². The smallest absolute Gasteiger partial charge is 0.285 e. The number of piperazine rings is 1. The molecule has 2 aromatic carbocycles. The van der Waals surface area contributed by atoms with Crippen molar-refractivity contribution in [1.82, 2.24) is 9.21 Å². The largest absolute Gasteiger partial charge is 0.338 e. The van der Waals surface area contributed by atoms with Gasteiger partial charge in [0.15, 0.2) is 6.04 Å². The number of nitrogens with zero attached hydrogens (tertiary/aromatic N) is 2. The molecular formula is C23H32N3O3S+. The molecule has 1 aliphatic heterocycles. The van der Waals surface area contributed by atoms with Crippen LogP contribution in [-0.2, 0) is 20.6 Å². The fourth-order valence-electron chi connectivity index (χ4n) is 4.13. The van der Waals surface area contributed by atoms with Crippen LogP contribution in [0.1, 0.15) is 31.0 Å².